The van der Waals surface area contributed by atoms with Crippen molar-refractivity contribution in [2.24, 2.45) is 0 Å². The first-order valence-electron chi connectivity index (χ1n) is 7.73. The van der Waals surface area contributed by atoms with E-state index in [-0.39, 0.29) is 5.91 Å². The fourth-order valence-corrected chi connectivity index (χ4v) is 4.26. The highest BCUT2D eigenvalue weighted by molar-refractivity contribution is 7.92. The highest BCUT2D eigenvalue weighted by Crippen LogP contribution is 2.24. The summed E-state index contributed by atoms with van der Waals surface area (Å²) in [5, 5.41) is 2.70. The number of aryl methyl sites for hydroxylation is 3. The van der Waals surface area contributed by atoms with Gasteiger partial charge in [0.2, 0.25) is 0 Å². The molecule has 0 aliphatic carbocycles. The van der Waals surface area contributed by atoms with Crippen LogP contribution in [0.25, 0.3) is 0 Å². The zero-order chi connectivity index (χ0) is 17.9. The van der Waals surface area contributed by atoms with Gasteiger partial charge in [0.25, 0.3) is 15.9 Å². The molecule has 2 N–H and O–H groups in total. The Balaban J connectivity index is 2.29. The van der Waals surface area contributed by atoms with Gasteiger partial charge in [0, 0.05) is 17.8 Å². The highest BCUT2D eigenvalue weighted by atomic mass is 32.2. The Morgan fingerprint density at radius 1 is 1.00 bits per heavy atom. The van der Waals surface area contributed by atoms with Gasteiger partial charge in [0.15, 0.2) is 0 Å². The van der Waals surface area contributed by atoms with Gasteiger partial charge in [-0.05, 0) is 63.1 Å². The first-order valence-corrected chi connectivity index (χ1v) is 9.22. The summed E-state index contributed by atoms with van der Waals surface area (Å²) < 4.78 is 27.9. The molecule has 0 unspecified atom stereocenters. The minimum atomic E-state index is -3.69. The van der Waals surface area contributed by atoms with E-state index in [1.807, 2.05) is 26.0 Å². The molecule has 24 heavy (non-hydrogen) atoms. The molecule has 128 valence electrons. The third-order valence-electron chi connectivity index (χ3n) is 3.61. The van der Waals surface area contributed by atoms with Gasteiger partial charge >= 0.3 is 0 Å². The molecule has 2 rings (SSSR count). The maximum absolute atomic E-state index is 12.7. The molecule has 0 atom stereocenters. The number of sulfonamides is 1. The largest absolute Gasteiger partial charge is 0.352 e. The summed E-state index contributed by atoms with van der Waals surface area (Å²) in [6.07, 6.45) is 0. The van der Waals surface area contributed by atoms with E-state index >= 15 is 0 Å². The monoisotopic (exact) mass is 346 g/mol. The molecular weight excluding hydrogens is 324 g/mol. The molecular formula is C18H22N2O3S. The molecule has 0 saturated carbocycles. The van der Waals surface area contributed by atoms with Crippen molar-refractivity contribution < 1.29 is 13.2 Å². The van der Waals surface area contributed by atoms with Crippen LogP contribution in [0.5, 0.6) is 0 Å². The third kappa shape index (κ3) is 3.94. The quantitative estimate of drug-likeness (QED) is 0.873. The Morgan fingerprint density at radius 3 is 2.04 bits per heavy atom. The van der Waals surface area contributed by atoms with E-state index in [9.17, 15) is 13.2 Å². The number of rotatable bonds is 5. The topological polar surface area (TPSA) is 75.3 Å². The molecule has 0 spiro atoms. The lowest BCUT2D eigenvalue weighted by Crippen LogP contribution is -2.22. The third-order valence-corrected chi connectivity index (χ3v) is 5.30. The van der Waals surface area contributed by atoms with E-state index in [2.05, 4.69) is 10.0 Å². The van der Waals surface area contributed by atoms with Gasteiger partial charge in [-0.3, -0.25) is 9.52 Å². The van der Waals surface area contributed by atoms with Crippen LogP contribution in [0.1, 0.15) is 34.0 Å². The number of amides is 1. The lowest BCUT2D eigenvalue weighted by molar-refractivity contribution is 0.0956. The standard InChI is InChI=1S/C18H22N2O3S/c1-5-19-18(21)15-6-8-16(9-7-15)20-24(22,23)17-13(3)10-12(2)11-14(17)4/h6-11,20H,5H2,1-4H3,(H,19,21). The van der Waals surface area contributed by atoms with Gasteiger partial charge < -0.3 is 5.32 Å². The molecule has 0 aromatic heterocycles. The first kappa shape index (κ1) is 18.0. The molecule has 2 aromatic rings. The Labute approximate surface area is 143 Å². The highest BCUT2D eigenvalue weighted by Gasteiger charge is 2.20. The van der Waals surface area contributed by atoms with Crippen LogP contribution in [-0.2, 0) is 10.0 Å². The molecule has 0 aliphatic heterocycles. The number of carbonyl (C=O) groups excluding carboxylic acids is 1. The number of benzene rings is 2. The Bertz CT molecular complexity index is 833. The Kier molecular flexibility index (Phi) is 5.29. The van der Waals surface area contributed by atoms with Crippen molar-refractivity contribution in [1.29, 1.82) is 0 Å². The van der Waals surface area contributed by atoms with Crippen molar-refractivity contribution in [3.63, 3.8) is 0 Å². The van der Waals surface area contributed by atoms with Crippen molar-refractivity contribution in [2.75, 3.05) is 11.3 Å². The minimum absolute atomic E-state index is 0.183. The van der Waals surface area contributed by atoms with Gasteiger partial charge in [0.05, 0.1) is 4.90 Å². The van der Waals surface area contributed by atoms with Crippen LogP contribution in [0.4, 0.5) is 5.69 Å². The predicted octanol–water partition coefficient (Wildman–Crippen LogP) is 3.16. The summed E-state index contributed by atoms with van der Waals surface area (Å²) in [7, 11) is -3.69. The summed E-state index contributed by atoms with van der Waals surface area (Å²) in [5.41, 5.74) is 3.35. The van der Waals surface area contributed by atoms with Crippen LogP contribution in [0.15, 0.2) is 41.3 Å². The van der Waals surface area contributed by atoms with Gasteiger partial charge in [-0.1, -0.05) is 17.7 Å². The van der Waals surface area contributed by atoms with E-state index in [1.165, 1.54) is 0 Å². The number of carbonyl (C=O) groups is 1. The first-order chi connectivity index (χ1) is 11.2. The number of hydrogen-bond acceptors (Lipinski definition) is 3. The molecule has 0 aliphatic rings. The second-order valence-electron chi connectivity index (χ2n) is 5.77. The predicted molar refractivity (Wildman–Crippen MR) is 95.9 cm³/mol. The van der Waals surface area contributed by atoms with Gasteiger partial charge in [-0.25, -0.2) is 8.42 Å². The van der Waals surface area contributed by atoms with E-state index in [0.717, 1.165) is 5.56 Å². The van der Waals surface area contributed by atoms with Crippen molar-refractivity contribution in [1.82, 2.24) is 5.32 Å². The average molecular weight is 346 g/mol. The summed E-state index contributed by atoms with van der Waals surface area (Å²) in [6.45, 7) is 7.88. The normalized spacial score (nSPS) is 11.2. The van der Waals surface area contributed by atoms with Crippen LogP contribution in [0, 0.1) is 20.8 Å². The van der Waals surface area contributed by atoms with Crippen molar-refractivity contribution in [2.45, 2.75) is 32.6 Å². The number of anilines is 1. The second-order valence-corrected chi connectivity index (χ2v) is 7.39. The maximum Gasteiger partial charge on any atom is 0.262 e. The zero-order valence-corrected chi connectivity index (χ0v) is 15.1. The Morgan fingerprint density at radius 2 is 1.54 bits per heavy atom. The molecule has 5 nitrogen and oxygen atoms in total. The van der Waals surface area contributed by atoms with Gasteiger partial charge in [0.1, 0.15) is 0 Å². The molecule has 2 aromatic carbocycles. The van der Waals surface area contributed by atoms with Gasteiger partial charge in [-0.15, -0.1) is 0 Å². The van der Waals surface area contributed by atoms with Crippen molar-refractivity contribution >= 4 is 21.6 Å². The number of hydrogen-bond donors (Lipinski definition) is 2. The summed E-state index contributed by atoms with van der Waals surface area (Å²) in [4.78, 5) is 12.0. The summed E-state index contributed by atoms with van der Waals surface area (Å²) in [6, 6.07) is 10.1. The fourth-order valence-electron chi connectivity index (χ4n) is 2.75. The molecule has 0 saturated heterocycles. The van der Waals surface area contributed by atoms with Crippen LogP contribution in [-0.4, -0.2) is 20.9 Å². The van der Waals surface area contributed by atoms with Crippen molar-refractivity contribution in [3.8, 4) is 0 Å². The molecule has 0 radical (unpaired) electrons. The van der Waals surface area contributed by atoms with Crippen LogP contribution in [0.2, 0.25) is 0 Å². The van der Waals surface area contributed by atoms with Gasteiger partial charge in [-0.2, -0.15) is 0 Å². The minimum Gasteiger partial charge on any atom is -0.352 e. The molecule has 6 heteroatoms. The van der Waals surface area contributed by atoms with E-state index < -0.39 is 10.0 Å². The molecule has 1 amide bonds. The second kappa shape index (κ2) is 7.05. The smallest absolute Gasteiger partial charge is 0.262 e. The van der Waals surface area contributed by atoms with E-state index in [0.29, 0.717) is 33.8 Å². The molecule has 0 fully saturated rings. The van der Waals surface area contributed by atoms with Crippen LogP contribution in [0.3, 0.4) is 0 Å². The average Bonchev–Trinajstić information content (AvgIpc) is 2.46. The lowest BCUT2D eigenvalue weighted by Gasteiger charge is -2.14. The van der Waals surface area contributed by atoms with Crippen molar-refractivity contribution in [3.05, 3.63) is 58.7 Å². The molecule has 0 heterocycles. The number of nitrogens with one attached hydrogen (secondary N) is 2. The summed E-state index contributed by atoms with van der Waals surface area (Å²) in [5.74, 6) is -0.183. The van der Waals surface area contributed by atoms with E-state index in [1.54, 1.807) is 38.1 Å². The fraction of sp³-hybridized carbons (Fsp3) is 0.278. The SMILES string of the molecule is CCNC(=O)c1ccc(NS(=O)(=O)c2c(C)cc(C)cc2C)cc1. The van der Waals surface area contributed by atoms with Crippen LogP contribution < -0.4 is 10.0 Å². The van der Waals surface area contributed by atoms with E-state index in [4.69, 9.17) is 0 Å². The van der Waals surface area contributed by atoms with Crippen LogP contribution >= 0.6 is 0 Å². The molecule has 0 bridgehead atoms. The maximum atomic E-state index is 12.7. The Hall–Kier alpha value is -2.34. The zero-order valence-electron chi connectivity index (χ0n) is 14.3. The lowest BCUT2D eigenvalue weighted by atomic mass is 10.1. The summed E-state index contributed by atoms with van der Waals surface area (Å²) >= 11 is 0.